The van der Waals surface area contributed by atoms with E-state index in [1.165, 1.54) is 10.7 Å². The fourth-order valence-corrected chi connectivity index (χ4v) is 1.38. The van der Waals surface area contributed by atoms with Crippen molar-refractivity contribution in [2.24, 2.45) is 11.5 Å². The number of fused-ring (bicyclic) bond motifs is 1. The number of rotatable bonds is 4. The van der Waals surface area contributed by atoms with Crippen LogP contribution in [-0.4, -0.2) is 30.3 Å². The van der Waals surface area contributed by atoms with Crippen molar-refractivity contribution >= 4 is 11.6 Å². The lowest BCUT2D eigenvalue weighted by Crippen LogP contribution is -2.31. The first kappa shape index (κ1) is 11.2. The monoisotopic (exact) mass is 237 g/mol. The summed E-state index contributed by atoms with van der Waals surface area (Å²) in [7, 11) is 0. The first-order chi connectivity index (χ1) is 8.13. The minimum absolute atomic E-state index is 0.0263. The second-order valence-corrected chi connectivity index (χ2v) is 3.40. The van der Waals surface area contributed by atoms with Crippen LogP contribution in [-0.2, 0) is 17.9 Å². The Morgan fingerprint density at radius 2 is 2.24 bits per heavy atom. The molecule has 0 fully saturated rings. The Hall–Kier alpha value is -2.29. The van der Waals surface area contributed by atoms with Crippen LogP contribution in [0, 0.1) is 0 Å². The van der Waals surface area contributed by atoms with E-state index in [2.05, 4.69) is 15.3 Å². The number of carbonyl (C=O) groups is 1. The number of imidazole rings is 1. The molecule has 0 aromatic carbocycles. The van der Waals surface area contributed by atoms with Gasteiger partial charge in [0.05, 0.1) is 6.54 Å². The summed E-state index contributed by atoms with van der Waals surface area (Å²) in [6.07, 6.45) is 1.36. The molecule has 0 saturated heterocycles. The molecule has 2 aromatic heterocycles. The van der Waals surface area contributed by atoms with Gasteiger partial charge in [0.2, 0.25) is 5.91 Å². The Labute approximate surface area is 95.0 Å². The van der Waals surface area contributed by atoms with Crippen molar-refractivity contribution in [1.82, 2.24) is 24.4 Å². The number of amides is 1. The van der Waals surface area contributed by atoms with Crippen molar-refractivity contribution in [3.05, 3.63) is 22.5 Å². The summed E-state index contributed by atoms with van der Waals surface area (Å²) in [6.45, 7) is 0.267. The number of nitrogens with zero attached hydrogens (tertiary/aromatic N) is 5. The van der Waals surface area contributed by atoms with E-state index in [0.29, 0.717) is 11.3 Å². The predicted octanol–water partition coefficient (Wildman–Crippen LogP) is -2.38. The van der Waals surface area contributed by atoms with Gasteiger partial charge in [-0.15, -0.1) is 5.10 Å². The Bertz CT molecular complexity index is 614. The Morgan fingerprint density at radius 1 is 1.47 bits per heavy atom. The predicted molar refractivity (Wildman–Crippen MR) is 56.7 cm³/mol. The third-order valence-corrected chi connectivity index (χ3v) is 2.25. The number of hydrogen-bond acceptors (Lipinski definition) is 6. The molecule has 0 aliphatic rings. The molecule has 0 unspecified atom stereocenters. The Balaban J connectivity index is 2.44. The normalized spacial score (nSPS) is 10.9. The molecular formula is C8H11N7O2. The molecule has 2 rings (SSSR count). The van der Waals surface area contributed by atoms with E-state index in [9.17, 15) is 9.59 Å². The van der Waals surface area contributed by atoms with Gasteiger partial charge in [-0.05, 0) is 0 Å². The highest BCUT2D eigenvalue weighted by Gasteiger charge is 2.10. The molecule has 0 aliphatic carbocycles. The van der Waals surface area contributed by atoms with Crippen LogP contribution in [0.1, 0.15) is 12.1 Å². The zero-order valence-corrected chi connectivity index (χ0v) is 8.91. The molecule has 2 aromatic rings. The van der Waals surface area contributed by atoms with Crippen LogP contribution < -0.4 is 17.2 Å². The molecule has 4 N–H and O–H groups in total. The molecular weight excluding hydrogens is 226 g/mol. The standard InChI is InChI=1S/C8H11N7O2/c9-3-5-7-12-13-15(2-1-6(10)16)8(17)14(7)4-11-5/h4H,1-3,9H2,(H2,10,16). The second-order valence-electron chi connectivity index (χ2n) is 3.40. The summed E-state index contributed by atoms with van der Waals surface area (Å²) in [4.78, 5) is 26.4. The number of hydrogen-bond donors (Lipinski definition) is 2. The van der Waals surface area contributed by atoms with Gasteiger partial charge in [-0.1, -0.05) is 5.21 Å². The lowest BCUT2D eigenvalue weighted by Gasteiger charge is -2.01. The summed E-state index contributed by atoms with van der Waals surface area (Å²) in [5.74, 6) is -0.507. The smallest absolute Gasteiger partial charge is 0.352 e. The largest absolute Gasteiger partial charge is 0.370 e. The molecule has 9 heteroatoms. The number of aryl methyl sites for hydroxylation is 1. The maximum absolute atomic E-state index is 11.9. The molecule has 9 nitrogen and oxygen atoms in total. The van der Waals surface area contributed by atoms with Crippen LogP contribution in [0.3, 0.4) is 0 Å². The van der Waals surface area contributed by atoms with Gasteiger partial charge in [-0.2, -0.15) is 4.68 Å². The van der Waals surface area contributed by atoms with Crippen LogP contribution >= 0.6 is 0 Å². The molecule has 17 heavy (non-hydrogen) atoms. The lowest BCUT2D eigenvalue weighted by atomic mass is 10.4. The highest BCUT2D eigenvalue weighted by Crippen LogP contribution is 2.00. The van der Waals surface area contributed by atoms with Crippen molar-refractivity contribution in [3.8, 4) is 0 Å². The van der Waals surface area contributed by atoms with Crippen molar-refractivity contribution in [1.29, 1.82) is 0 Å². The van der Waals surface area contributed by atoms with Crippen molar-refractivity contribution in [3.63, 3.8) is 0 Å². The van der Waals surface area contributed by atoms with E-state index < -0.39 is 11.6 Å². The molecule has 1 amide bonds. The molecule has 0 spiro atoms. The van der Waals surface area contributed by atoms with Crippen molar-refractivity contribution in [2.75, 3.05) is 0 Å². The topological polar surface area (TPSA) is 134 Å². The maximum Gasteiger partial charge on any atom is 0.352 e. The zero-order valence-electron chi connectivity index (χ0n) is 8.91. The maximum atomic E-state index is 11.9. The van der Waals surface area contributed by atoms with Crippen molar-refractivity contribution in [2.45, 2.75) is 19.5 Å². The van der Waals surface area contributed by atoms with E-state index in [0.717, 1.165) is 4.68 Å². The molecule has 0 saturated carbocycles. The lowest BCUT2D eigenvalue weighted by molar-refractivity contribution is -0.118. The van der Waals surface area contributed by atoms with Gasteiger partial charge in [0.15, 0.2) is 5.65 Å². The van der Waals surface area contributed by atoms with E-state index in [-0.39, 0.29) is 19.5 Å². The van der Waals surface area contributed by atoms with Crippen LogP contribution in [0.5, 0.6) is 0 Å². The SMILES string of the molecule is NCc1ncn2c(=O)n(CCC(N)=O)nnc12. The first-order valence-electron chi connectivity index (χ1n) is 4.91. The number of primary amides is 1. The molecule has 0 atom stereocenters. The third kappa shape index (κ3) is 1.99. The highest BCUT2D eigenvalue weighted by atomic mass is 16.2. The van der Waals surface area contributed by atoms with E-state index in [1.54, 1.807) is 0 Å². The number of aromatic nitrogens is 5. The summed E-state index contributed by atoms with van der Waals surface area (Å²) in [5.41, 5.74) is 10.8. The first-order valence-corrected chi connectivity index (χ1v) is 4.91. The zero-order chi connectivity index (χ0) is 12.4. The van der Waals surface area contributed by atoms with Gasteiger partial charge >= 0.3 is 5.69 Å². The molecule has 90 valence electrons. The van der Waals surface area contributed by atoms with Gasteiger partial charge in [0, 0.05) is 13.0 Å². The average Bonchev–Trinajstić information content (AvgIpc) is 2.71. The summed E-state index contributed by atoms with van der Waals surface area (Å²) >= 11 is 0. The highest BCUT2D eigenvalue weighted by molar-refractivity contribution is 5.73. The third-order valence-electron chi connectivity index (χ3n) is 2.25. The van der Waals surface area contributed by atoms with Gasteiger partial charge in [0.1, 0.15) is 12.0 Å². The van der Waals surface area contributed by atoms with Gasteiger partial charge in [0.25, 0.3) is 0 Å². The summed E-state index contributed by atoms with van der Waals surface area (Å²) in [6, 6.07) is 0. The van der Waals surface area contributed by atoms with Gasteiger partial charge < -0.3 is 11.5 Å². The average molecular weight is 237 g/mol. The van der Waals surface area contributed by atoms with Crippen LogP contribution in [0.4, 0.5) is 0 Å². The van der Waals surface area contributed by atoms with Gasteiger partial charge in [-0.3, -0.25) is 4.79 Å². The molecule has 0 bridgehead atoms. The van der Waals surface area contributed by atoms with E-state index in [1.807, 2.05) is 0 Å². The molecule has 0 aliphatic heterocycles. The number of carbonyl (C=O) groups excluding carboxylic acids is 1. The summed E-state index contributed by atoms with van der Waals surface area (Å²) < 4.78 is 2.29. The Kier molecular flexibility index (Phi) is 2.83. The minimum Gasteiger partial charge on any atom is -0.370 e. The quantitative estimate of drug-likeness (QED) is 0.609. The van der Waals surface area contributed by atoms with E-state index in [4.69, 9.17) is 11.5 Å². The minimum atomic E-state index is -0.507. The van der Waals surface area contributed by atoms with Crippen LogP contribution in [0.2, 0.25) is 0 Å². The number of nitrogens with two attached hydrogens (primary N) is 2. The van der Waals surface area contributed by atoms with E-state index >= 15 is 0 Å². The molecule has 0 radical (unpaired) electrons. The van der Waals surface area contributed by atoms with Crippen molar-refractivity contribution < 1.29 is 4.79 Å². The van der Waals surface area contributed by atoms with Gasteiger partial charge in [-0.25, -0.2) is 14.2 Å². The van der Waals surface area contributed by atoms with Crippen LogP contribution in [0.25, 0.3) is 5.65 Å². The summed E-state index contributed by atoms with van der Waals surface area (Å²) in [5, 5.41) is 7.52. The fourth-order valence-electron chi connectivity index (χ4n) is 1.38. The Morgan fingerprint density at radius 3 is 2.88 bits per heavy atom. The molecule has 2 heterocycles. The second kappa shape index (κ2) is 4.29. The van der Waals surface area contributed by atoms with Crippen LogP contribution in [0.15, 0.2) is 11.1 Å². The fraction of sp³-hybridized carbons (Fsp3) is 0.375.